The molecule has 0 aliphatic rings. The van der Waals surface area contributed by atoms with Crippen molar-refractivity contribution in [3.8, 4) is 0 Å². The molecule has 0 aliphatic carbocycles. The largest absolute Gasteiger partial charge is 0.370 e. The molecule has 0 radical (unpaired) electrons. The number of guanidine groups is 1. The summed E-state index contributed by atoms with van der Waals surface area (Å²) in [4.78, 5) is 8.09. The van der Waals surface area contributed by atoms with Crippen molar-refractivity contribution in [2.45, 2.75) is 39.8 Å². The quantitative estimate of drug-likeness (QED) is 0.551. The lowest BCUT2D eigenvalue weighted by Crippen LogP contribution is -2.44. The van der Waals surface area contributed by atoms with Crippen LogP contribution in [0.2, 0.25) is 0 Å². The molecule has 0 aliphatic heterocycles. The maximum atomic E-state index is 5.66. The van der Waals surface area contributed by atoms with Gasteiger partial charge in [-0.05, 0) is 27.7 Å². The second-order valence-corrected chi connectivity index (χ2v) is 4.31. The standard InChI is InChI=1S/C9H17N5O/c1-6-12-7(15-14-6)5-11-8(10)13-9(2,3)4/h5H2,1-4H3,(H3,10,11,13). The van der Waals surface area contributed by atoms with Crippen LogP contribution in [0, 0.1) is 6.92 Å². The Hall–Kier alpha value is -1.59. The number of nitrogens with zero attached hydrogens (tertiary/aromatic N) is 3. The van der Waals surface area contributed by atoms with E-state index in [0.717, 1.165) is 0 Å². The van der Waals surface area contributed by atoms with Gasteiger partial charge < -0.3 is 15.6 Å². The molecule has 0 fully saturated rings. The number of aromatic nitrogens is 2. The maximum absolute atomic E-state index is 5.66. The highest BCUT2D eigenvalue weighted by Gasteiger charge is 2.10. The number of hydrogen-bond donors (Lipinski definition) is 2. The molecule has 3 N–H and O–H groups in total. The lowest BCUT2D eigenvalue weighted by Gasteiger charge is -2.20. The van der Waals surface area contributed by atoms with Crippen LogP contribution in [0.4, 0.5) is 0 Å². The number of nitrogens with two attached hydrogens (primary N) is 1. The molecule has 1 heterocycles. The lowest BCUT2D eigenvalue weighted by molar-refractivity contribution is 0.376. The van der Waals surface area contributed by atoms with Crippen LogP contribution in [0.5, 0.6) is 0 Å². The van der Waals surface area contributed by atoms with Crippen LogP contribution in [0.15, 0.2) is 9.52 Å². The highest BCUT2D eigenvalue weighted by molar-refractivity contribution is 5.78. The van der Waals surface area contributed by atoms with E-state index in [-0.39, 0.29) is 5.54 Å². The van der Waals surface area contributed by atoms with Crippen molar-refractivity contribution in [3.05, 3.63) is 11.7 Å². The van der Waals surface area contributed by atoms with E-state index < -0.39 is 0 Å². The molecule has 0 unspecified atom stereocenters. The van der Waals surface area contributed by atoms with E-state index in [4.69, 9.17) is 10.3 Å². The van der Waals surface area contributed by atoms with E-state index in [1.165, 1.54) is 0 Å². The van der Waals surface area contributed by atoms with Gasteiger partial charge in [0.1, 0.15) is 6.54 Å². The van der Waals surface area contributed by atoms with Crippen molar-refractivity contribution in [2.75, 3.05) is 0 Å². The molecule has 6 heteroatoms. The van der Waals surface area contributed by atoms with Gasteiger partial charge in [-0.15, -0.1) is 0 Å². The van der Waals surface area contributed by atoms with E-state index in [9.17, 15) is 0 Å². The van der Waals surface area contributed by atoms with E-state index in [2.05, 4.69) is 20.4 Å². The van der Waals surface area contributed by atoms with E-state index in [1.807, 2.05) is 20.8 Å². The molecule has 84 valence electrons. The zero-order valence-electron chi connectivity index (χ0n) is 9.53. The summed E-state index contributed by atoms with van der Waals surface area (Å²) in [6, 6.07) is 0. The van der Waals surface area contributed by atoms with Crippen molar-refractivity contribution >= 4 is 5.96 Å². The molecule has 15 heavy (non-hydrogen) atoms. The summed E-state index contributed by atoms with van der Waals surface area (Å²) in [5.41, 5.74) is 5.56. The van der Waals surface area contributed by atoms with Crippen LogP contribution >= 0.6 is 0 Å². The van der Waals surface area contributed by atoms with E-state index in [1.54, 1.807) is 6.92 Å². The van der Waals surface area contributed by atoms with Gasteiger partial charge in [0, 0.05) is 5.54 Å². The second kappa shape index (κ2) is 4.29. The summed E-state index contributed by atoms with van der Waals surface area (Å²) in [6.07, 6.45) is 0. The Morgan fingerprint density at radius 1 is 1.53 bits per heavy atom. The summed E-state index contributed by atoms with van der Waals surface area (Å²) in [7, 11) is 0. The second-order valence-electron chi connectivity index (χ2n) is 4.31. The Balaban J connectivity index is 2.51. The number of aliphatic imine (C=N–C) groups is 1. The average molecular weight is 211 g/mol. The Morgan fingerprint density at radius 2 is 2.20 bits per heavy atom. The minimum Gasteiger partial charge on any atom is -0.370 e. The fourth-order valence-corrected chi connectivity index (χ4v) is 0.981. The average Bonchev–Trinajstić information content (AvgIpc) is 2.45. The third kappa shape index (κ3) is 4.44. The SMILES string of the molecule is Cc1noc(CN=C(N)NC(C)(C)C)n1. The molecule has 0 saturated carbocycles. The van der Waals surface area contributed by atoms with Crippen molar-refractivity contribution in [2.24, 2.45) is 10.7 Å². The first-order chi connectivity index (χ1) is 6.87. The fourth-order valence-electron chi connectivity index (χ4n) is 0.981. The van der Waals surface area contributed by atoms with Gasteiger partial charge in [-0.2, -0.15) is 4.98 Å². The molecule has 0 bridgehead atoms. The Bertz CT molecular complexity index is 350. The zero-order chi connectivity index (χ0) is 11.5. The Morgan fingerprint density at radius 3 is 2.67 bits per heavy atom. The van der Waals surface area contributed by atoms with Gasteiger partial charge in [-0.25, -0.2) is 4.99 Å². The van der Waals surface area contributed by atoms with Crippen LogP contribution in [-0.4, -0.2) is 21.6 Å². The number of rotatable bonds is 2. The minimum atomic E-state index is -0.0989. The van der Waals surface area contributed by atoms with Crippen LogP contribution in [0.25, 0.3) is 0 Å². The summed E-state index contributed by atoms with van der Waals surface area (Å²) in [6.45, 7) is 8.08. The normalized spacial score (nSPS) is 12.9. The van der Waals surface area contributed by atoms with Crippen LogP contribution in [-0.2, 0) is 6.54 Å². The topological polar surface area (TPSA) is 89.3 Å². The predicted molar refractivity (Wildman–Crippen MR) is 57.3 cm³/mol. The third-order valence-electron chi connectivity index (χ3n) is 1.46. The Labute approximate surface area is 89.0 Å². The molecule has 0 atom stereocenters. The predicted octanol–water partition coefficient (Wildman–Crippen LogP) is 0.581. The fraction of sp³-hybridized carbons (Fsp3) is 0.667. The summed E-state index contributed by atoms with van der Waals surface area (Å²) >= 11 is 0. The molecule has 0 spiro atoms. The Kier molecular flexibility index (Phi) is 3.28. The first-order valence-corrected chi connectivity index (χ1v) is 4.74. The van der Waals surface area contributed by atoms with E-state index >= 15 is 0 Å². The highest BCUT2D eigenvalue weighted by Crippen LogP contribution is 1.99. The first kappa shape index (κ1) is 11.5. The van der Waals surface area contributed by atoms with Gasteiger partial charge in [0.05, 0.1) is 0 Å². The summed E-state index contributed by atoms with van der Waals surface area (Å²) < 4.78 is 4.89. The molecule has 1 aromatic heterocycles. The summed E-state index contributed by atoms with van der Waals surface area (Å²) in [5, 5.41) is 6.69. The van der Waals surface area contributed by atoms with Gasteiger partial charge in [-0.3, -0.25) is 0 Å². The van der Waals surface area contributed by atoms with Crippen LogP contribution in [0.3, 0.4) is 0 Å². The van der Waals surface area contributed by atoms with Gasteiger partial charge in [0.15, 0.2) is 11.8 Å². The van der Waals surface area contributed by atoms with Crippen molar-refractivity contribution in [3.63, 3.8) is 0 Å². The van der Waals surface area contributed by atoms with Crippen LogP contribution in [0.1, 0.15) is 32.5 Å². The van der Waals surface area contributed by atoms with Gasteiger partial charge in [0.25, 0.3) is 0 Å². The summed E-state index contributed by atoms with van der Waals surface area (Å²) in [5.74, 6) is 1.44. The van der Waals surface area contributed by atoms with Crippen molar-refractivity contribution in [1.29, 1.82) is 0 Å². The highest BCUT2D eigenvalue weighted by atomic mass is 16.5. The van der Waals surface area contributed by atoms with Gasteiger partial charge >= 0.3 is 0 Å². The molecule has 0 saturated heterocycles. The van der Waals surface area contributed by atoms with Gasteiger partial charge in [-0.1, -0.05) is 5.16 Å². The minimum absolute atomic E-state index is 0.0989. The monoisotopic (exact) mass is 211 g/mol. The van der Waals surface area contributed by atoms with Crippen molar-refractivity contribution < 1.29 is 4.52 Å². The molecule has 1 rings (SSSR count). The molecular formula is C9H17N5O. The molecule has 6 nitrogen and oxygen atoms in total. The first-order valence-electron chi connectivity index (χ1n) is 4.74. The molecule has 0 amide bonds. The zero-order valence-corrected chi connectivity index (χ0v) is 9.53. The molecule has 1 aromatic rings. The van der Waals surface area contributed by atoms with E-state index in [0.29, 0.717) is 24.2 Å². The smallest absolute Gasteiger partial charge is 0.248 e. The van der Waals surface area contributed by atoms with Crippen molar-refractivity contribution in [1.82, 2.24) is 15.5 Å². The number of aryl methyl sites for hydroxylation is 1. The lowest BCUT2D eigenvalue weighted by atomic mass is 10.1. The van der Waals surface area contributed by atoms with Crippen LogP contribution < -0.4 is 11.1 Å². The van der Waals surface area contributed by atoms with Gasteiger partial charge in [0.2, 0.25) is 5.89 Å². The number of nitrogens with one attached hydrogen (secondary N) is 1. The molecule has 0 aromatic carbocycles. The molecular weight excluding hydrogens is 194 g/mol. The third-order valence-corrected chi connectivity index (χ3v) is 1.46. The maximum Gasteiger partial charge on any atom is 0.248 e. The number of hydrogen-bond acceptors (Lipinski definition) is 4.